The Morgan fingerprint density at radius 2 is 1.84 bits per heavy atom. The molecule has 3 rings (SSSR count). The fourth-order valence-corrected chi connectivity index (χ4v) is 4.24. The SMILES string of the molecule is CN(CCOc1ccc(F)cc1)C(=O)C1CC2CCCC(C1)C2N.Cl. The Labute approximate surface area is 155 Å². The largest absolute Gasteiger partial charge is 0.492 e. The third kappa shape index (κ3) is 4.85. The highest BCUT2D eigenvalue weighted by Crippen LogP contribution is 2.42. The van der Waals surface area contributed by atoms with E-state index in [0.29, 0.717) is 30.7 Å². The van der Waals surface area contributed by atoms with Crippen LogP contribution >= 0.6 is 12.4 Å². The van der Waals surface area contributed by atoms with Gasteiger partial charge in [-0.25, -0.2) is 4.39 Å². The third-order valence-electron chi connectivity index (χ3n) is 5.65. The number of carbonyl (C=O) groups is 1. The van der Waals surface area contributed by atoms with E-state index in [0.717, 1.165) is 12.8 Å². The molecule has 0 aromatic heterocycles. The van der Waals surface area contributed by atoms with Crippen molar-refractivity contribution in [3.8, 4) is 5.75 Å². The molecule has 0 spiro atoms. The van der Waals surface area contributed by atoms with Crippen molar-refractivity contribution in [2.24, 2.45) is 23.5 Å². The molecule has 1 aromatic carbocycles. The Balaban J connectivity index is 0.00000225. The van der Waals surface area contributed by atoms with Gasteiger partial charge in [0.05, 0.1) is 6.54 Å². The van der Waals surface area contributed by atoms with Crippen molar-refractivity contribution in [1.29, 1.82) is 0 Å². The van der Waals surface area contributed by atoms with E-state index in [-0.39, 0.29) is 36.1 Å². The molecule has 2 N–H and O–H groups in total. The highest BCUT2D eigenvalue weighted by Gasteiger charge is 2.41. The van der Waals surface area contributed by atoms with E-state index in [9.17, 15) is 9.18 Å². The molecule has 2 aliphatic rings. The number of fused-ring (bicyclic) bond motifs is 2. The molecule has 6 heteroatoms. The molecule has 0 aliphatic heterocycles. The molecule has 2 saturated carbocycles. The van der Waals surface area contributed by atoms with Crippen LogP contribution in [0.1, 0.15) is 32.1 Å². The molecule has 2 unspecified atom stereocenters. The summed E-state index contributed by atoms with van der Waals surface area (Å²) in [4.78, 5) is 14.5. The minimum absolute atomic E-state index is 0. The third-order valence-corrected chi connectivity index (χ3v) is 5.65. The van der Waals surface area contributed by atoms with E-state index in [1.54, 1.807) is 17.0 Å². The second kappa shape index (κ2) is 8.86. The monoisotopic (exact) mass is 370 g/mol. The van der Waals surface area contributed by atoms with Crippen LogP contribution in [0.15, 0.2) is 24.3 Å². The summed E-state index contributed by atoms with van der Waals surface area (Å²) >= 11 is 0. The molecule has 0 heterocycles. The van der Waals surface area contributed by atoms with E-state index in [1.807, 2.05) is 7.05 Å². The summed E-state index contributed by atoms with van der Waals surface area (Å²) in [5.74, 6) is 1.68. The van der Waals surface area contributed by atoms with Gasteiger partial charge in [-0.15, -0.1) is 12.4 Å². The maximum absolute atomic E-state index is 12.9. The quantitative estimate of drug-likeness (QED) is 0.865. The van der Waals surface area contributed by atoms with E-state index >= 15 is 0 Å². The Hall–Kier alpha value is -1.33. The first-order valence-corrected chi connectivity index (χ1v) is 8.93. The summed E-state index contributed by atoms with van der Waals surface area (Å²) in [5, 5.41) is 0. The maximum Gasteiger partial charge on any atom is 0.225 e. The van der Waals surface area contributed by atoms with Crippen molar-refractivity contribution in [3.05, 3.63) is 30.1 Å². The maximum atomic E-state index is 12.9. The van der Waals surface area contributed by atoms with E-state index in [4.69, 9.17) is 10.5 Å². The number of rotatable bonds is 5. The number of nitrogens with two attached hydrogens (primary N) is 1. The zero-order valence-corrected chi connectivity index (χ0v) is 15.5. The van der Waals surface area contributed by atoms with Crippen LogP contribution < -0.4 is 10.5 Å². The predicted molar refractivity (Wildman–Crippen MR) is 98.3 cm³/mol. The lowest BCUT2D eigenvalue weighted by molar-refractivity contribution is -0.137. The van der Waals surface area contributed by atoms with Crippen LogP contribution in [0.4, 0.5) is 4.39 Å². The van der Waals surface area contributed by atoms with Crippen LogP contribution in [0.2, 0.25) is 0 Å². The average molecular weight is 371 g/mol. The summed E-state index contributed by atoms with van der Waals surface area (Å²) in [5.41, 5.74) is 6.31. The van der Waals surface area contributed by atoms with Gasteiger partial charge in [-0.2, -0.15) is 0 Å². The molecular weight excluding hydrogens is 343 g/mol. The summed E-state index contributed by atoms with van der Waals surface area (Å²) < 4.78 is 18.4. The fraction of sp³-hybridized carbons (Fsp3) is 0.632. The lowest BCUT2D eigenvalue weighted by Crippen LogP contribution is -2.49. The second-order valence-electron chi connectivity index (χ2n) is 7.26. The number of hydrogen-bond donors (Lipinski definition) is 1. The number of amides is 1. The Morgan fingerprint density at radius 3 is 2.44 bits per heavy atom. The molecule has 0 radical (unpaired) electrons. The van der Waals surface area contributed by atoms with Crippen molar-refractivity contribution in [2.75, 3.05) is 20.2 Å². The van der Waals surface area contributed by atoms with Crippen LogP contribution in [-0.4, -0.2) is 37.0 Å². The van der Waals surface area contributed by atoms with E-state index in [1.165, 1.54) is 31.4 Å². The van der Waals surface area contributed by atoms with Crippen LogP contribution in [0.5, 0.6) is 5.75 Å². The Morgan fingerprint density at radius 1 is 1.24 bits per heavy atom. The molecule has 2 bridgehead atoms. The molecule has 4 nitrogen and oxygen atoms in total. The number of halogens is 2. The standard InChI is InChI=1S/C19H27FN2O2.ClH/c1-22(9-10-24-17-7-5-16(20)6-8-17)19(23)15-11-13-3-2-4-14(12-15)18(13)21;/h5-8,13-15,18H,2-4,9-12,21H2,1H3;1H. The van der Waals surface area contributed by atoms with Crippen molar-refractivity contribution in [2.45, 2.75) is 38.1 Å². The minimum atomic E-state index is -0.282. The lowest BCUT2D eigenvalue weighted by atomic mass is 9.65. The van der Waals surface area contributed by atoms with Crippen molar-refractivity contribution in [1.82, 2.24) is 4.90 Å². The summed E-state index contributed by atoms with van der Waals surface area (Å²) in [6.07, 6.45) is 5.45. The van der Waals surface area contributed by atoms with Crippen LogP contribution in [0.25, 0.3) is 0 Å². The zero-order chi connectivity index (χ0) is 17.1. The highest BCUT2D eigenvalue weighted by atomic mass is 35.5. The number of hydrogen-bond acceptors (Lipinski definition) is 3. The Bertz CT molecular complexity index is 555. The molecule has 2 aliphatic carbocycles. The summed E-state index contributed by atoms with van der Waals surface area (Å²) in [7, 11) is 1.83. The number of ether oxygens (including phenoxy) is 1. The summed E-state index contributed by atoms with van der Waals surface area (Å²) in [6.45, 7) is 0.945. The minimum Gasteiger partial charge on any atom is -0.492 e. The first-order chi connectivity index (χ1) is 11.5. The highest BCUT2D eigenvalue weighted by molar-refractivity contribution is 5.85. The fourth-order valence-electron chi connectivity index (χ4n) is 4.24. The topological polar surface area (TPSA) is 55.6 Å². The number of benzene rings is 1. The van der Waals surface area contributed by atoms with Crippen LogP contribution in [-0.2, 0) is 4.79 Å². The van der Waals surface area contributed by atoms with Gasteiger partial charge in [0.1, 0.15) is 18.2 Å². The number of likely N-dealkylation sites (N-methyl/N-ethyl adjacent to an activating group) is 1. The Kier molecular flexibility index (Phi) is 7.08. The second-order valence-corrected chi connectivity index (χ2v) is 7.26. The van der Waals surface area contributed by atoms with Gasteiger partial charge in [0.15, 0.2) is 0 Å². The number of carbonyl (C=O) groups excluding carboxylic acids is 1. The van der Waals surface area contributed by atoms with Gasteiger partial charge in [0.25, 0.3) is 0 Å². The molecule has 25 heavy (non-hydrogen) atoms. The normalized spacial score (nSPS) is 28.0. The van der Waals surface area contributed by atoms with E-state index < -0.39 is 0 Å². The van der Waals surface area contributed by atoms with Crippen molar-refractivity contribution < 1.29 is 13.9 Å². The van der Waals surface area contributed by atoms with E-state index in [2.05, 4.69) is 0 Å². The molecular formula is C19H28ClFN2O2. The van der Waals surface area contributed by atoms with Gasteiger partial charge in [0.2, 0.25) is 5.91 Å². The molecule has 2 fully saturated rings. The predicted octanol–water partition coefficient (Wildman–Crippen LogP) is 3.24. The molecule has 1 aromatic rings. The van der Waals surface area contributed by atoms with Gasteiger partial charge in [-0.3, -0.25) is 4.79 Å². The number of nitrogens with zero attached hydrogens (tertiary/aromatic N) is 1. The van der Waals surface area contributed by atoms with Crippen LogP contribution in [0, 0.1) is 23.6 Å². The lowest BCUT2D eigenvalue weighted by Gasteiger charge is -2.44. The first kappa shape index (κ1) is 20.0. The van der Waals surface area contributed by atoms with Gasteiger partial charge >= 0.3 is 0 Å². The smallest absolute Gasteiger partial charge is 0.225 e. The van der Waals surface area contributed by atoms with Gasteiger partial charge in [-0.05, 0) is 61.8 Å². The van der Waals surface area contributed by atoms with Gasteiger partial charge in [-0.1, -0.05) is 6.42 Å². The van der Waals surface area contributed by atoms with Gasteiger partial charge < -0.3 is 15.4 Å². The summed E-state index contributed by atoms with van der Waals surface area (Å²) in [6, 6.07) is 6.22. The molecule has 1 amide bonds. The molecule has 140 valence electrons. The molecule has 0 saturated heterocycles. The first-order valence-electron chi connectivity index (χ1n) is 8.93. The van der Waals surface area contributed by atoms with Gasteiger partial charge in [0, 0.05) is 19.0 Å². The zero-order valence-electron chi connectivity index (χ0n) is 14.7. The van der Waals surface area contributed by atoms with Crippen molar-refractivity contribution >= 4 is 18.3 Å². The molecule has 2 atom stereocenters. The van der Waals surface area contributed by atoms with Crippen LogP contribution in [0.3, 0.4) is 0 Å². The van der Waals surface area contributed by atoms with Crippen molar-refractivity contribution in [3.63, 3.8) is 0 Å². The average Bonchev–Trinajstić information content (AvgIpc) is 2.55.